The maximum Gasteiger partial charge on any atom is 0.317 e. The summed E-state index contributed by atoms with van der Waals surface area (Å²) >= 11 is 0. The number of aromatic amines is 1. The summed E-state index contributed by atoms with van der Waals surface area (Å²) in [6, 6.07) is -0.705. The number of urea groups is 1. The third-order valence-electron chi connectivity index (χ3n) is 3.61. The number of aryl methyl sites for hydroxylation is 1. The highest BCUT2D eigenvalue weighted by Gasteiger charge is 2.38. The van der Waals surface area contributed by atoms with Gasteiger partial charge >= 0.3 is 12.0 Å². The molecule has 2 amide bonds. The first-order chi connectivity index (χ1) is 10.1. The molecule has 2 rings (SSSR count). The first kappa shape index (κ1) is 15.3. The Bertz CT molecular complexity index is 477. The van der Waals surface area contributed by atoms with Crippen LogP contribution in [0.2, 0.25) is 0 Å². The van der Waals surface area contributed by atoms with Gasteiger partial charge in [0.25, 0.3) is 0 Å². The molecule has 0 radical (unpaired) electrons. The van der Waals surface area contributed by atoms with E-state index in [4.69, 9.17) is 9.84 Å². The second-order valence-corrected chi connectivity index (χ2v) is 5.03. The number of nitrogens with zero attached hydrogens (tertiary/aromatic N) is 2. The Morgan fingerprint density at radius 2 is 2.38 bits per heavy atom. The van der Waals surface area contributed by atoms with Crippen LogP contribution >= 0.6 is 0 Å². The molecule has 0 aliphatic carbocycles. The molecule has 0 spiro atoms. The van der Waals surface area contributed by atoms with Gasteiger partial charge in [0.2, 0.25) is 0 Å². The van der Waals surface area contributed by atoms with Crippen LogP contribution < -0.4 is 5.32 Å². The van der Waals surface area contributed by atoms with Gasteiger partial charge in [0.05, 0.1) is 19.3 Å². The van der Waals surface area contributed by atoms with E-state index < -0.39 is 17.9 Å². The molecule has 1 saturated heterocycles. The molecule has 116 valence electrons. The second-order valence-electron chi connectivity index (χ2n) is 5.03. The van der Waals surface area contributed by atoms with E-state index in [2.05, 4.69) is 15.3 Å². The summed E-state index contributed by atoms with van der Waals surface area (Å²) in [7, 11) is 1.59. The second kappa shape index (κ2) is 7.07. The number of imidazole rings is 1. The predicted molar refractivity (Wildman–Crippen MR) is 73.8 cm³/mol. The Kier molecular flexibility index (Phi) is 5.15. The maximum absolute atomic E-state index is 12.0. The Morgan fingerprint density at radius 3 is 3.05 bits per heavy atom. The molecule has 21 heavy (non-hydrogen) atoms. The molecule has 1 aliphatic heterocycles. The molecule has 1 aromatic heterocycles. The van der Waals surface area contributed by atoms with Gasteiger partial charge in [-0.3, -0.25) is 4.79 Å². The van der Waals surface area contributed by atoms with E-state index in [1.807, 2.05) is 0 Å². The van der Waals surface area contributed by atoms with Crippen LogP contribution in [0.4, 0.5) is 4.79 Å². The molecule has 1 aliphatic rings. The summed E-state index contributed by atoms with van der Waals surface area (Å²) in [5.41, 5.74) is 0. The Labute approximate surface area is 122 Å². The van der Waals surface area contributed by atoms with Crippen LogP contribution in [-0.4, -0.2) is 64.8 Å². The predicted octanol–water partition coefficient (Wildman–Crippen LogP) is 0.0833. The highest BCUT2D eigenvalue weighted by molar-refractivity contribution is 5.77. The number of hydrogen-bond acceptors (Lipinski definition) is 4. The molecule has 2 unspecified atom stereocenters. The zero-order valence-electron chi connectivity index (χ0n) is 11.9. The molecule has 1 fully saturated rings. The number of aliphatic carboxylic acids is 1. The van der Waals surface area contributed by atoms with Gasteiger partial charge in [-0.2, -0.15) is 0 Å². The number of carbonyl (C=O) groups excluding carboxylic acids is 1. The van der Waals surface area contributed by atoms with E-state index in [0.717, 1.165) is 18.7 Å². The summed E-state index contributed by atoms with van der Waals surface area (Å²) in [6.07, 6.45) is 4.96. The number of H-pyrrole nitrogens is 1. The number of carboxylic acid groups (broad SMARTS) is 1. The fourth-order valence-electron chi connectivity index (χ4n) is 2.32. The largest absolute Gasteiger partial charge is 0.481 e. The Hall–Kier alpha value is -2.09. The van der Waals surface area contributed by atoms with E-state index in [1.54, 1.807) is 19.4 Å². The number of carbonyl (C=O) groups is 2. The van der Waals surface area contributed by atoms with Gasteiger partial charge in [0, 0.05) is 32.4 Å². The minimum Gasteiger partial charge on any atom is -0.481 e. The van der Waals surface area contributed by atoms with Crippen LogP contribution in [0.15, 0.2) is 12.4 Å². The molecule has 0 saturated carbocycles. The van der Waals surface area contributed by atoms with Crippen molar-refractivity contribution in [1.29, 1.82) is 0 Å². The number of likely N-dealkylation sites (N-methyl/N-ethyl adjacent to an activating group) is 1. The van der Waals surface area contributed by atoms with Gasteiger partial charge in [-0.1, -0.05) is 0 Å². The average molecular weight is 296 g/mol. The van der Waals surface area contributed by atoms with Crippen molar-refractivity contribution in [2.75, 3.05) is 26.8 Å². The average Bonchev–Trinajstić information content (AvgIpc) is 3.13. The highest BCUT2D eigenvalue weighted by atomic mass is 16.5. The van der Waals surface area contributed by atoms with Crippen LogP contribution in [0.5, 0.6) is 0 Å². The quantitative estimate of drug-likeness (QED) is 0.645. The molecule has 3 N–H and O–H groups in total. The molecule has 8 nitrogen and oxygen atoms in total. The molecular weight excluding hydrogens is 276 g/mol. The smallest absolute Gasteiger partial charge is 0.317 e. The van der Waals surface area contributed by atoms with Crippen molar-refractivity contribution in [3.8, 4) is 0 Å². The topological polar surface area (TPSA) is 108 Å². The zero-order chi connectivity index (χ0) is 15.2. The summed E-state index contributed by atoms with van der Waals surface area (Å²) in [5.74, 6) is -0.716. The first-order valence-electron chi connectivity index (χ1n) is 6.89. The highest BCUT2D eigenvalue weighted by Crippen LogP contribution is 2.18. The fourth-order valence-corrected chi connectivity index (χ4v) is 2.32. The van der Waals surface area contributed by atoms with Crippen LogP contribution in [-0.2, 0) is 16.0 Å². The van der Waals surface area contributed by atoms with Gasteiger partial charge < -0.3 is 25.0 Å². The number of aromatic nitrogens is 2. The standard InChI is InChI=1S/C13H20N4O4/c1-17(10-8-21-7-9(10)12(18)19)13(20)16-4-2-3-11-14-5-6-15-11/h5-6,9-10H,2-4,7-8H2,1H3,(H,14,15)(H,16,20)(H,18,19). The lowest BCUT2D eigenvalue weighted by atomic mass is 10.0. The minimum atomic E-state index is -0.935. The number of hydrogen-bond donors (Lipinski definition) is 3. The number of carboxylic acids is 1. The first-order valence-corrected chi connectivity index (χ1v) is 6.89. The number of nitrogens with one attached hydrogen (secondary N) is 2. The molecule has 2 heterocycles. The van der Waals surface area contributed by atoms with Gasteiger partial charge in [-0.25, -0.2) is 9.78 Å². The zero-order valence-corrected chi connectivity index (χ0v) is 11.9. The van der Waals surface area contributed by atoms with Crippen molar-refractivity contribution < 1.29 is 19.4 Å². The van der Waals surface area contributed by atoms with Gasteiger partial charge in [0.1, 0.15) is 11.7 Å². The lowest BCUT2D eigenvalue weighted by molar-refractivity contribution is -0.142. The lowest BCUT2D eigenvalue weighted by Gasteiger charge is -2.26. The Morgan fingerprint density at radius 1 is 1.57 bits per heavy atom. The maximum atomic E-state index is 12.0. The van der Waals surface area contributed by atoms with Crippen LogP contribution in [0.3, 0.4) is 0 Å². The summed E-state index contributed by atoms with van der Waals surface area (Å²) in [6.45, 7) is 0.915. The third kappa shape index (κ3) is 3.94. The summed E-state index contributed by atoms with van der Waals surface area (Å²) < 4.78 is 5.16. The molecule has 8 heteroatoms. The van der Waals surface area contributed by atoms with Gasteiger partial charge in [-0.05, 0) is 6.42 Å². The van der Waals surface area contributed by atoms with Crippen molar-refractivity contribution >= 4 is 12.0 Å². The number of ether oxygens (including phenoxy) is 1. The van der Waals surface area contributed by atoms with E-state index >= 15 is 0 Å². The number of rotatable bonds is 6. The monoisotopic (exact) mass is 296 g/mol. The molecule has 1 aromatic rings. The van der Waals surface area contributed by atoms with Crippen molar-refractivity contribution in [3.63, 3.8) is 0 Å². The summed E-state index contributed by atoms with van der Waals surface area (Å²) in [5, 5.41) is 11.9. The SMILES string of the molecule is CN(C(=O)NCCCc1ncc[nH]1)C1COCC1C(=O)O. The van der Waals surface area contributed by atoms with Crippen molar-refractivity contribution in [3.05, 3.63) is 18.2 Å². The van der Waals surface area contributed by atoms with Gasteiger partial charge in [0.15, 0.2) is 0 Å². The van der Waals surface area contributed by atoms with Crippen molar-refractivity contribution in [2.24, 2.45) is 5.92 Å². The Balaban J connectivity index is 1.73. The fraction of sp³-hybridized carbons (Fsp3) is 0.615. The van der Waals surface area contributed by atoms with Crippen LogP contribution in [0, 0.1) is 5.92 Å². The van der Waals surface area contributed by atoms with Crippen LogP contribution in [0.25, 0.3) is 0 Å². The van der Waals surface area contributed by atoms with Gasteiger partial charge in [-0.15, -0.1) is 0 Å². The molecule has 2 atom stereocenters. The van der Waals surface area contributed by atoms with Crippen LogP contribution in [0.1, 0.15) is 12.2 Å². The molecule has 0 bridgehead atoms. The molecular formula is C13H20N4O4. The van der Waals surface area contributed by atoms with E-state index in [0.29, 0.717) is 6.54 Å². The van der Waals surface area contributed by atoms with E-state index in [-0.39, 0.29) is 19.2 Å². The normalized spacial score (nSPS) is 21.2. The van der Waals surface area contributed by atoms with E-state index in [1.165, 1.54) is 4.90 Å². The number of amides is 2. The lowest BCUT2D eigenvalue weighted by Crippen LogP contribution is -2.48. The summed E-state index contributed by atoms with van der Waals surface area (Å²) in [4.78, 5) is 31.6. The molecule has 0 aromatic carbocycles. The third-order valence-corrected chi connectivity index (χ3v) is 3.61. The minimum absolute atomic E-state index is 0.149. The van der Waals surface area contributed by atoms with Crippen molar-refractivity contribution in [1.82, 2.24) is 20.2 Å². The van der Waals surface area contributed by atoms with E-state index in [9.17, 15) is 9.59 Å². The van der Waals surface area contributed by atoms with Crippen molar-refractivity contribution in [2.45, 2.75) is 18.9 Å².